The zero-order valence-electron chi connectivity index (χ0n) is 13.1. The number of aryl methyl sites for hydroxylation is 1. The molecule has 0 aromatic carbocycles. The van der Waals surface area contributed by atoms with E-state index in [0.717, 1.165) is 11.3 Å². The van der Waals surface area contributed by atoms with Crippen molar-refractivity contribution in [3.63, 3.8) is 0 Å². The van der Waals surface area contributed by atoms with Crippen molar-refractivity contribution in [3.8, 4) is 0 Å². The lowest BCUT2D eigenvalue weighted by atomic mass is 9.98. The second-order valence-corrected chi connectivity index (χ2v) is 6.10. The molecule has 5 heteroatoms. The van der Waals surface area contributed by atoms with Gasteiger partial charge in [0.2, 0.25) is 11.8 Å². The number of nitrogens with zero attached hydrogens (tertiary/aromatic N) is 2. The molecule has 1 N–H and O–H groups in total. The number of rotatable bonds is 4. The fourth-order valence-corrected chi connectivity index (χ4v) is 2.58. The molecule has 1 aromatic heterocycles. The minimum absolute atomic E-state index is 0.0131. The SMILES string of the molecule is Cc1cccnc1CN1C(=O)C(CC(C)C)NC(=O)C1C. The third kappa shape index (κ3) is 3.40. The maximum atomic E-state index is 12.6. The fraction of sp³-hybridized carbons (Fsp3) is 0.562. The molecule has 1 fully saturated rings. The Morgan fingerprint density at radius 3 is 2.71 bits per heavy atom. The van der Waals surface area contributed by atoms with Crippen molar-refractivity contribution in [2.75, 3.05) is 0 Å². The standard InChI is InChI=1S/C16H23N3O2/c1-10(2)8-13-16(21)19(12(4)15(20)18-13)9-14-11(3)6-5-7-17-14/h5-7,10,12-13H,8-9H2,1-4H3,(H,18,20). The summed E-state index contributed by atoms with van der Waals surface area (Å²) < 4.78 is 0. The Labute approximate surface area is 125 Å². The van der Waals surface area contributed by atoms with E-state index in [4.69, 9.17) is 0 Å². The molecule has 114 valence electrons. The van der Waals surface area contributed by atoms with Crippen molar-refractivity contribution in [2.24, 2.45) is 5.92 Å². The van der Waals surface area contributed by atoms with Crippen LogP contribution in [0.15, 0.2) is 18.3 Å². The molecule has 1 aliphatic rings. The Balaban J connectivity index is 2.21. The van der Waals surface area contributed by atoms with Crippen LogP contribution in [-0.4, -0.2) is 33.8 Å². The number of carbonyl (C=O) groups is 2. The van der Waals surface area contributed by atoms with Gasteiger partial charge in [0.05, 0.1) is 12.2 Å². The molecule has 1 aromatic rings. The van der Waals surface area contributed by atoms with E-state index >= 15 is 0 Å². The second kappa shape index (κ2) is 6.24. The highest BCUT2D eigenvalue weighted by molar-refractivity contribution is 5.96. The van der Waals surface area contributed by atoms with Gasteiger partial charge in [0.25, 0.3) is 0 Å². The molecule has 2 heterocycles. The van der Waals surface area contributed by atoms with Crippen LogP contribution < -0.4 is 5.32 Å². The summed E-state index contributed by atoms with van der Waals surface area (Å²) in [6.45, 7) is 8.20. The van der Waals surface area contributed by atoms with Crippen molar-refractivity contribution in [3.05, 3.63) is 29.6 Å². The first-order chi connectivity index (χ1) is 9.90. The molecule has 0 bridgehead atoms. The van der Waals surface area contributed by atoms with E-state index in [9.17, 15) is 9.59 Å². The first-order valence-electron chi connectivity index (χ1n) is 7.41. The van der Waals surface area contributed by atoms with E-state index in [-0.39, 0.29) is 11.8 Å². The zero-order valence-corrected chi connectivity index (χ0v) is 13.1. The van der Waals surface area contributed by atoms with Crippen LogP contribution in [0, 0.1) is 12.8 Å². The molecule has 0 aliphatic carbocycles. The highest BCUT2D eigenvalue weighted by Crippen LogP contribution is 2.18. The van der Waals surface area contributed by atoms with E-state index in [1.165, 1.54) is 0 Å². The third-order valence-electron chi connectivity index (χ3n) is 3.89. The Morgan fingerprint density at radius 2 is 2.10 bits per heavy atom. The van der Waals surface area contributed by atoms with Gasteiger partial charge < -0.3 is 10.2 Å². The van der Waals surface area contributed by atoms with E-state index in [0.29, 0.717) is 18.9 Å². The average molecular weight is 289 g/mol. The first kappa shape index (κ1) is 15.5. The minimum Gasteiger partial charge on any atom is -0.343 e. The van der Waals surface area contributed by atoms with Gasteiger partial charge in [-0.15, -0.1) is 0 Å². The maximum absolute atomic E-state index is 12.6. The van der Waals surface area contributed by atoms with Crippen LogP contribution in [0.2, 0.25) is 0 Å². The molecular formula is C16H23N3O2. The normalized spacial score (nSPS) is 22.6. The summed E-state index contributed by atoms with van der Waals surface area (Å²) in [5.74, 6) is 0.251. The lowest BCUT2D eigenvalue weighted by Gasteiger charge is -2.38. The van der Waals surface area contributed by atoms with Crippen LogP contribution in [0.4, 0.5) is 0 Å². The van der Waals surface area contributed by atoms with Crippen LogP contribution in [0.1, 0.15) is 38.4 Å². The summed E-state index contributed by atoms with van der Waals surface area (Å²) in [5, 5.41) is 2.83. The number of carbonyl (C=O) groups excluding carboxylic acids is 2. The molecule has 21 heavy (non-hydrogen) atoms. The van der Waals surface area contributed by atoms with Crippen LogP contribution in [0.5, 0.6) is 0 Å². The molecule has 0 saturated carbocycles. The molecular weight excluding hydrogens is 266 g/mol. The number of pyridine rings is 1. The van der Waals surface area contributed by atoms with Gasteiger partial charge in [-0.05, 0) is 37.8 Å². The molecule has 1 saturated heterocycles. The van der Waals surface area contributed by atoms with E-state index in [1.54, 1.807) is 18.0 Å². The molecule has 2 rings (SSSR count). The van der Waals surface area contributed by atoms with Crippen molar-refractivity contribution < 1.29 is 9.59 Å². The average Bonchev–Trinajstić information content (AvgIpc) is 2.42. The lowest BCUT2D eigenvalue weighted by Crippen LogP contribution is -2.62. The molecule has 0 radical (unpaired) electrons. The van der Waals surface area contributed by atoms with Crippen molar-refractivity contribution >= 4 is 11.8 Å². The molecule has 1 aliphatic heterocycles. The van der Waals surface area contributed by atoms with E-state index in [2.05, 4.69) is 10.3 Å². The Bertz CT molecular complexity index is 542. The van der Waals surface area contributed by atoms with Gasteiger partial charge in [-0.3, -0.25) is 14.6 Å². The topological polar surface area (TPSA) is 62.3 Å². The fourth-order valence-electron chi connectivity index (χ4n) is 2.58. The summed E-state index contributed by atoms with van der Waals surface area (Å²) in [7, 11) is 0. The second-order valence-electron chi connectivity index (χ2n) is 6.10. The number of amides is 2. The summed E-state index contributed by atoms with van der Waals surface area (Å²) in [4.78, 5) is 30.7. The Hall–Kier alpha value is -1.91. The monoisotopic (exact) mass is 289 g/mol. The number of nitrogens with one attached hydrogen (secondary N) is 1. The Kier molecular flexibility index (Phi) is 4.60. The smallest absolute Gasteiger partial charge is 0.246 e. The lowest BCUT2D eigenvalue weighted by molar-refractivity contribution is -0.149. The summed E-state index contributed by atoms with van der Waals surface area (Å²) in [5.41, 5.74) is 1.87. The predicted molar refractivity (Wildman–Crippen MR) is 80.4 cm³/mol. The van der Waals surface area contributed by atoms with Crippen molar-refractivity contribution in [2.45, 2.75) is 52.7 Å². The molecule has 0 spiro atoms. The summed E-state index contributed by atoms with van der Waals surface area (Å²) in [6.07, 6.45) is 2.38. The van der Waals surface area contributed by atoms with Crippen LogP contribution in [0.25, 0.3) is 0 Å². The van der Waals surface area contributed by atoms with Gasteiger partial charge in [-0.1, -0.05) is 19.9 Å². The Morgan fingerprint density at radius 1 is 1.38 bits per heavy atom. The molecule has 2 unspecified atom stereocenters. The largest absolute Gasteiger partial charge is 0.343 e. The van der Waals surface area contributed by atoms with Gasteiger partial charge >= 0.3 is 0 Å². The van der Waals surface area contributed by atoms with Crippen LogP contribution >= 0.6 is 0 Å². The van der Waals surface area contributed by atoms with E-state index in [1.807, 2.05) is 32.9 Å². The van der Waals surface area contributed by atoms with Gasteiger partial charge in [0, 0.05) is 6.20 Å². The summed E-state index contributed by atoms with van der Waals surface area (Å²) in [6, 6.07) is 2.96. The number of hydrogen-bond donors (Lipinski definition) is 1. The summed E-state index contributed by atoms with van der Waals surface area (Å²) >= 11 is 0. The maximum Gasteiger partial charge on any atom is 0.246 e. The van der Waals surface area contributed by atoms with Crippen LogP contribution in [-0.2, 0) is 16.1 Å². The van der Waals surface area contributed by atoms with E-state index < -0.39 is 12.1 Å². The quantitative estimate of drug-likeness (QED) is 0.917. The van der Waals surface area contributed by atoms with Gasteiger partial charge in [-0.25, -0.2) is 0 Å². The van der Waals surface area contributed by atoms with Gasteiger partial charge in [0.15, 0.2) is 0 Å². The number of piperazine rings is 1. The highest BCUT2D eigenvalue weighted by Gasteiger charge is 2.38. The van der Waals surface area contributed by atoms with Crippen molar-refractivity contribution in [1.82, 2.24) is 15.2 Å². The third-order valence-corrected chi connectivity index (χ3v) is 3.89. The van der Waals surface area contributed by atoms with Gasteiger partial charge in [0.1, 0.15) is 12.1 Å². The van der Waals surface area contributed by atoms with Gasteiger partial charge in [-0.2, -0.15) is 0 Å². The first-order valence-corrected chi connectivity index (χ1v) is 7.41. The molecule has 2 atom stereocenters. The number of aromatic nitrogens is 1. The molecule has 5 nitrogen and oxygen atoms in total. The number of hydrogen-bond acceptors (Lipinski definition) is 3. The minimum atomic E-state index is -0.456. The van der Waals surface area contributed by atoms with Crippen molar-refractivity contribution in [1.29, 1.82) is 0 Å². The molecule has 2 amide bonds. The highest BCUT2D eigenvalue weighted by atomic mass is 16.2. The van der Waals surface area contributed by atoms with Crippen LogP contribution in [0.3, 0.4) is 0 Å². The zero-order chi connectivity index (χ0) is 15.6. The predicted octanol–water partition coefficient (Wildman–Crippen LogP) is 1.65.